The van der Waals surface area contributed by atoms with Gasteiger partial charge in [0.05, 0.1) is 12.7 Å². The molecule has 0 saturated heterocycles. The van der Waals surface area contributed by atoms with E-state index in [-0.39, 0.29) is 6.54 Å². The summed E-state index contributed by atoms with van der Waals surface area (Å²) in [5, 5.41) is 48.1. The van der Waals surface area contributed by atoms with E-state index in [1.807, 2.05) is 6.92 Å². The van der Waals surface area contributed by atoms with E-state index in [0.717, 1.165) is 0 Å². The van der Waals surface area contributed by atoms with E-state index in [4.69, 9.17) is 10.2 Å². The molecule has 0 aromatic carbocycles. The first kappa shape index (κ1) is 13.8. The van der Waals surface area contributed by atoms with Gasteiger partial charge in [-0.2, -0.15) is 0 Å². The van der Waals surface area contributed by atoms with Crippen LogP contribution in [0.15, 0.2) is 0 Å². The zero-order chi connectivity index (χ0) is 11.1. The molecule has 0 aromatic heterocycles. The Morgan fingerprint density at radius 3 is 1.93 bits per heavy atom. The molecule has 0 aliphatic carbocycles. The van der Waals surface area contributed by atoms with Gasteiger partial charge in [0.1, 0.15) is 18.3 Å². The second-order valence-corrected chi connectivity index (χ2v) is 3.11. The predicted molar refractivity (Wildman–Crippen MR) is 49.7 cm³/mol. The van der Waals surface area contributed by atoms with Crippen molar-refractivity contribution in [3.05, 3.63) is 0 Å². The molecule has 4 atom stereocenters. The van der Waals surface area contributed by atoms with E-state index in [0.29, 0.717) is 6.54 Å². The molecule has 0 amide bonds. The second kappa shape index (κ2) is 7.10. The number of hydrogen-bond donors (Lipinski definition) is 6. The fourth-order valence-electron chi connectivity index (χ4n) is 0.976. The summed E-state index contributed by atoms with van der Waals surface area (Å²) in [4.78, 5) is 0. The lowest BCUT2D eigenvalue weighted by Crippen LogP contribution is -2.49. The average Bonchev–Trinajstić information content (AvgIpc) is 2.22. The lowest BCUT2D eigenvalue weighted by atomic mass is 10.0. The van der Waals surface area contributed by atoms with Crippen molar-refractivity contribution in [2.24, 2.45) is 0 Å². The van der Waals surface area contributed by atoms with Gasteiger partial charge in [-0.3, -0.25) is 0 Å². The van der Waals surface area contributed by atoms with Crippen molar-refractivity contribution >= 4 is 0 Å². The van der Waals surface area contributed by atoms with Gasteiger partial charge < -0.3 is 30.8 Å². The van der Waals surface area contributed by atoms with Crippen LogP contribution in [-0.4, -0.2) is 69.6 Å². The van der Waals surface area contributed by atoms with Crippen LogP contribution < -0.4 is 5.32 Å². The Morgan fingerprint density at radius 2 is 1.50 bits per heavy atom. The molecule has 0 bridgehead atoms. The topological polar surface area (TPSA) is 113 Å². The first-order valence-corrected chi connectivity index (χ1v) is 4.58. The Kier molecular flexibility index (Phi) is 6.98. The lowest BCUT2D eigenvalue weighted by molar-refractivity contribution is -0.113. The third-order valence-electron chi connectivity index (χ3n) is 1.93. The molecule has 0 heterocycles. The van der Waals surface area contributed by atoms with E-state index in [1.165, 1.54) is 0 Å². The van der Waals surface area contributed by atoms with Gasteiger partial charge >= 0.3 is 0 Å². The Hall–Kier alpha value is -0.240. The first-order chi connectivity index (χ1) is 6.54. The molecular weight excluding hydrogens is 190 g/mol. The van der Waals surface area contributed by atoms with Crippen LogP contribution in [0.4, 0.5) is 0 Å². The average molecular weight is 209 g/mol. The van der Waals surface area contributed by atoms with Gasteiger partial charge in [0, 0.05) is 6.54 Å². The van der Waals surface area contributed by atoms with Crippen molar-refractivity contribution in [1.29, 1.82) is 0 Å². The Morgan fingerprint density at radius 1 is 1.00 bits per heavy atom. The summed E-state index contributed by atoms with van der Waals surface area (Å²) in [5.74, 6) is 0. The van der Waals surface area contributed by atoms with E-state index >= 15 is 0 Å². The predicted octanol–water partition coefficient (Wildman–Crippen LogP) is -2.97. The highest BCUT2D eigenvalue weighted by Crippen LogP contribution is 2.04. The molecule has 0 aliphatic rings. The van der Waals surface area contributed by atoms with Crippen LogP contribution in [0.1, 0.15) is 6.92 Å². The lowest BCUT2D eigenvalue weighted by Gasteiger charge is -2.25. The summed E-state index contributed by atoms with van der Waals surface area (Å²) >= 11 is 0. The van der Waals surface area contributed by atoms with Crippen LogP contribution in [-0.2, 0) is 0 Å². The van der Waals surface area contributed by atoms with Crippen molar-refractivity contribution < 1.29 is 25.5 Å². The van der Waals surface area contributed by atoms with Crippen molar-refractivity contribution in [2.45, 2.75) is 31.3 Å². The van der Waals surface area contributed by atoms with Crippen molar-refractivity contribution in [3.8, 4) is 0 Å². The minimum atomic E-state index is -1.55. The number of hydrogen-bond acceptors (Lipinski definition) is 6. The number of likely N-dealkylation sites (N-methyl/N-ethyl adjacent to an activating group) is 1. The monoisotopic (exact) mass is 209 g/mol. The minimum absolute atomic E-state index is 0.118. The van der Waals surface area contributed by atoms with Crippen LogP contribution in [0, 0.1) is 0 Å². The highest BCUT2D eigenvalue weighted by atomic mass is 16.4. The summed E-state index contributed by atoms with van der Waals surface area (Å²) in [6, 6.07) is 0. The van der Waals surface area contributed by atoms with Crippen LogP contribution in [0.25, 0.3) is 0 Å². The summed E-state index contributed by atoms with van der Waals surface area (Å²) in [6.07, 6.45) is -5.64. The van der Waals surface area contributed by atoms with Gasteiger partial charge in [-0.1, -0.05) is 6.92 Å². The zero-order valence-electron chi connectivity index (χ0n) is 8.17. The molecule has 0 saturated carbocycles. The van der Waals surface area contributed by atoms with Crippen molar-refractivity contribution in [1.82, 2.24) is 5.32 Å². The molecular formula is C8H19NO5. The molecule has 0 fully saturated rings. The van der Waals surface area contributed by atoms with E-state index < -0.39 is 31.0 Å². The summed E-state index contributed by atoms with van der Waals surface area (Å²) in [7, 11) is 0. The second-order valence-electron chi connectivity index (χ2n) is 3.11. The number of rotatable bonds is 7. The number of aliphatic hydroxyl groups excluding tert-OH is 5. The van der Waals surface area contributed by atoms with Crippen LogP contribution in [0.5, 0.6) is 0 Å². The molecule has 6 heteroatoms. The quantitative estimate of drug-likeness (QED) is 0.267. The Labute approximate surface area is 82.8 Å². The molecule has 0 aromatic rings. The fraction of sp³-hybridized carbons (Fsp3) is 1.00. The molecule has 0 unspecified atom stereocenters. The Balaban J connectivity index is 3.95. The fourth-order valence-corrected chi connectivity index (χ4v) is 0.976. The number of aliphatic hydroxyl groups is 5. The molecule has 6 nitrogen and oxygen atoms in total. The van der Waals surface area contributed by atoms with Gasteiger partial charge in [-0.15, -0.1) is 0 Å². The molecule has 14 heavy (non-hydrogen) atoms. The van der Waals surface area contributed by atoms with E-state index in [9.17, 15) is 15.3 Å². The van der Waals surface area contributed by atoms with Crippen LogP contribution >= 0.6 is 0 Å². The highest BCUT2D eigenvalue weighted by Gasteiger charge is 2.29. The summed E-state index contributed by atoms with van der Waals surface area (Å²) < 4.78 is 0. The van der Waals surface area contributed by atoms with Gasteiger partial charge in [0.25, 0.3) is 0 Å². The molecule has 0 aliphatic heterocycles. The number of nitrogens with one attached hydrogen (secondary N) is 1. The Bertz CT molecular complexity index is 146. The van der Waals surface area contributed by atoms with E-state index in [2.05, 4.69) is 5.32 Å². The standard InChI is InChI=1S/C8H19NO5/c1-2-9-3-5(11)7(13)8(14)6(12)4-10/h5-14H,2-4H2,1H3/t5-,6-,7-,8-/m0/s1. The van der Waals surface area contributed by atoms with Crippen molar-refractivity contribution in [3.63, 3.8) is 0 Å². The SMILES string of the molecule is CCNC[C@H](O)[C@H](O)[C@@H](O)[C@@H](O)CO. The minimum Gasteiger partial charge on any atom is -0.394 e. The maximum Gasteiger partial charge on any atom is 0.111 e. The smallest absolute Gasteiger partial charge is 0.111 e. The molecule has 6 N–H and O–H groups in total. The highest BCUT2D eigenvalue weighted by molar-refractivity contribution is 4.81. The molecule has 86 valence electrons. The normalized spacial score (nSPS) is 20.1. The maximum absolute atomic E-state index is 9.30. The van der Waals surface area contributed by atoms with Crippen molar-refractivity contribution in [2.75, 3.05) is 19.7 Å². The van der Waals surface area contributed by atoms with Gasteiger partial charge in [0.2, 0.25) is 0 Å². The first-order valence-electron chi connectivity index (χ1n) is 4.58. The zero-order valence-corrected chi connectivity index (χ0v) is 8.17. The summed E-state index contributed by atoms with van der Waals surface area (Å²) in [5.41, 5.74) is 0. The molecule has 0 spiro atoms. The maximum atomic E-state index is 9.30. The van der Waals surface area contributed by atoms with Gasteiger partial charge in [-0.05, 0) is 6.54 Å². The van der Waals surface area contributed by atoms with Crippen LogP contribution in [0.3, 0.4) is 0 Å². The van der Waals surface area contributed by atoms with Crippen LogP contribution in [0.2, 0.25) is 0 Å². The third-order valence-corrected chi connectivity index (χ3v) is 1.93. The molecule has 0 rings (SSSR count). The van der Waals surface area contributed by atoms with Gasteiger partial charge in [0.15, 0.2) is 0 Å². The largest absolute Gasteiger partial charge is 0.394 e. The summed E-state index contributed by atoms with van der Waals surface area (Å²) in [6.45, 7) is 1.92. The molecule has 0 radical (unpaired) electrons. The van der Waals surface area contributed by atoms with E-state index in [1.54, 1.807) is 0 Å². The third kappa shape index (κ3) is 4.32. The van der Waals surface area contributed by atoms with Gasteiger partial charge in [-0.25, -0.2) is 0 Å².